The highest BCUT2D eigenvalue weighted by Crippen LogP contribution is 2.17. The molecule has 5 nitrogen and oxygen atoms in total. The Labute approximate surface area is 161 Å². The fourth-order valence-corrected chi connectivity index (χ4v) is 2.91. The summed E-state index contributed by atoms with van der Waals surface area (Å²) in [6.45, 7) is 6.53. The van der Waals surface area contributed by atoms with E-state index in [9.17, 15) is 9.59 Å². The number of methoxy groups -OCH3 is 1. The maximum atomic E-state index is 13.1. The number of likely N-dealkylation sites (N-methyl/N-ethyl adjacent to an activating group) is 1. The van der Waals surface area contributed by atoms with Crippen molar-refractivity contribution < 1.29 is 14.3 Å². The highest BCUT2D eigenvalue weighted by atomic mass is 16.5. The fraction of sp³-hybridized carbons (Fsp3) is 0.364. The molecule has 0 bridgehead atoms. The molecule has 2 rings (SSSR count). The Morgan fingerprint density at radius 1 is 1.11 bits per heavy atom. The lowest BCUT2D eigenvalue weighted by Crippen LogP contribution is -2.48. The predicted molar refractivity (Wildman–Crippen MR) is 107 cm³/mol. The number of carbonyl (C=O) groups is 2. The first kappa shape index (κ1) is 20.5. The Balaban J connectivity index is 2.23. The Morgan fingerprint density at radius 3 is 2.37 bits per heavy atom. The molecule has 2 aromatic carbocycles. The quantitative estimate of drug-likeness (QED) is 0.779. The molecule has 0 aliphatic heterocycles. The average molecular weight is 368 g/mol. The summed E-state index contributed by atoms with van der Waals surface area (Å²) in [7, 11) is 1.62. The monoisotopic (exact) mass is 368 g/mol. The smallest absolute Gasteiger partial charge is 0.242 e. The Bertz CT molecular complexity index is 771. The third-order valence-corrected chi connectivity index (χ3v) is 4.63. The lowest BCUT2D eigenvalue weighted by Gasteiger charge is -2.29. The number of ether oxygens (including phenoxy) is 1. The molecule has 5 heteroatoms. The molecule has 0 heterocycles. The van der Waals surface area contributed by atoms with Gasteiger partial charge >= 0.3 is 0 Å². The number of carbonyl (C=O) groups excluding carboxylic acids is 2. The Morgan fingerprint density at radius 2 is 1.78 bits per heavy atom. The van der Waals surface area contributed by atoms with Gasteiger partial charge in [-0.15, -0.1) is 0 Å². The van der Waals surface area contributed by atoms with Crippen LogP contribution in [0, 0.1) is 6.92 Å². The molecule has 0 radical (unpaired) electrons. The van der Waals surface area contributed by atoms with E-state index in [1.807, 2.05) is 62.4 Å². The van der Waals surface area contributed by atoms with E-state index in [-0.39, 0.29) is 18.2 Å². The zero-order valence-electron chi connectivity index (χ0n) is 16.5. The molecule has 0 aliphatic rings. The van der Waals surface area contributed by atoms with Crippen molar-refractivity contribution in [2.24, 2.45) is 0 Å². The molecule has 0 spiro atoms. The van der Waals surface area contributed by atoms with Crippen molar-refractivity contribution in [1.82, 2.24) is 10.2 Å². The first-order chi connectivity index (χ1) is 13.0. The van der Waals surface area contributed by atoms with Gasteiger partial charge in [-0.3, -0.25) is 9.59 Å². The standard InChI is InChI=1S/C22H28N2O3/c1-5-23-22(26)17(3)24(15-18-10-12-20(27-4)13-11-18)21(25)14-19-9-7-6-8-16(19)2/h6-13,17H,5,14-15H2,1-4H3,(H,23,26)/t17-/m1/s1. The van der Waals surface area contributed by atoms with Crippen molar-refractivity contribution in [1.29, 1.82) is 0 Å². The number of aryl methyl sites for hydroxylation is 1. The number of hydrogen-bond acceptors (Lipinski definition) is 3. The topological polar surface area (TPSA) is 58.6 Å². The minimum atomic E-state index is -0.552. The molecule has 2 aromatic rings. The van der Waals surface area contributed by atoms with Gasteiger partial charge in [0, 0.05) is 13.1 Å². The van der Waals surface area contributed by atoms with Crippen molar-refractivity contribution in [3.05, 3.63) is 65.2 Å². The summed E-state index contributed by atoms with van der Waals surface area (Å²) >= 11 is 0. The van der Waals surface area contributed by atoms with E-state index < -0.39 is 6.04 Å². The van der Waals surface area contributed by atoms with E-state index in [0.29, 0.717) is 13.1 Å². The van der Waals surface area contributed by atoms with Gasteiger partial charge < -0.3 is 15.0 Å². The van der Waals surface area contributed by atoms with Crippen molar-refractivity contribution in [2.75, 3.05) is 13.7 Å². The van der Waals surface area contributed by atoms with Crippen LogP contribution in [-0.2, 0) is 22.6 Å². The van der Waals surface area contributed by atoms with Gasteiger partial charge in [0.05, 0.1) is 13.5 Å². The number of rotatable bonds is 8. The molecule has 0 saturated carbocycles. The maximum absolute atomic E-state index is 13.1. The van der Waals surface area contributed by atoms with E-state index in [1.165, 1.54) is 0 Å². The molecular weight excluding hydrogens is 340 g/mol. The first-order valence-electron chi connectivity index (χ1n) is 9.20. The summed E-state index contributed by atoms with van der Waals surface area (Å²) in [5.74, 6) is 0.538. The molecular formula is C22H28N2O3. The summed E-state index contributed by atoms with van der Waals surface area (Å²) in [6, 6.07) is 14.8. The lowest BCUT2D eigenvalue weighted by molar-refractivity contribution is -0.140. The van der Waals surface area contributed by atoms with Gasteiger partial charge in [0.1, 0.15) is 11.8 Å². The minimum Gasteiger partial charge on any atom is -0.497 e. The van der Waals surface area contributed by atoms with Crippen LogP contribution in [0.4, 0.5) is 0 Å². The molecule has 2 amide bonds. The molecule has 0 unspecified atom stereocenters. The van der Waals surface area contributed by atoms with Crippen LogP contribution in [-0.4, -0.2) is 36.4 Å². The van der Waals surface area contributed by atoms with Crippen molar-refractivity contribution in [2.45, 2.75) is 39.8 Å². The molecule has 27 heavy (non-hydrogen) atoms. The molecule has 0 fully saturated rings. The van der Waals surface area contributed by atoms with Crippen LogP contribution in [0.15, 0.2) is 48.5 Å². The highest BCUT2D eigenvalue weighted by molar-refractivity contribution is 5.88. The summed E-state index contributed by atoms with van der Waals surface area (Å²) < 4.78 is 5.19. The second-order valence-corrected chi connectivity index (χ2v) is 6.54. The van der Waals surface area contributed by atoms with E-state index in [0.717, 1.165) is 22.4 Å². The van der Waals surface area contributed by atoms with E-state index in [4.69, 9.17) is 4.74 Å². The predicted octanol–water partition coefficient (Wildman–Crippen LogP) is 3.10. The van der Waals surface area contributed by atoms with Crippen LogP contribution in [0.5, 0.6) is 5.75 Å². The molecule has 0 saturated heterocycles. The van der Waals surface area contributed by atoms with Gasteiger partial charge in [0.2, 0.25) is 11.8 Å². The van der Waals surface area contributed by atoms with Crippen LogP contribution in [0.25, 0.3) is 0 Å². The van der Waals surface area contributed by atoms with E-state index in [1.54, 1.807) is 18.9 Å². The normalized spacial score (nSPS) is 11.6. The number of amides is 2. The SMILES string of the molecule is CCNC(=O)[C@@H](C)N(Cc1ccc(OC)cc1)C(=O)Cc1ccccc1C. The number of hydrogen-bond donors (Lipinski definition) is 1. The zero-order valence-corrected chi connectivity index (χ0v) is 16.5. The van der Waals surface area contributed by atoms with Crippen molar-refractivity contribution in [3.8, 4) is 5.75 Å². The summed E-state index contributed by atoms with van der Waals surface area (Å²) in [4.78, 5) is 27.1. The van der Waals surface area contributed by atoms with Crippen molar-refractivity contribution in [3.63, 3.8) is 0 Å². The van der Waals surface area contributed by atoms with E-state index >= 15 is 0 Å². The highest BCUT2D eigenvalue weighted by Gasteiger charge is 2.26. The van der Waals surface area contributed by atoms with Gasteiger partial charge in [0.25, 0.3) is 0 Å². The maximum Gasteiger partial charge on any atom is 0.242 e. The third kappa shape index (κ3) is 5.58. The largest absolute Gasteiger partial charge is 0.497 e. The number of nitrogens with zero attached hydrogens (tertiary/aromatic N) is 1. The first-order valence-corrected chi connectivity index (χ1v) is 9.20. The van der Waals surface area contributed by atoms with Crippen LogP contribution in [0.2, 0.25) is 0 Å². The van der Waals surface area contributed by atoms with Crippen LogP contribution >= 0.6 is 0 Å². The summed E-state index contributed by atoms with van der Waals surface area (Å²) in [5, 5.41) is 2.81. The number of benzene rings is 2. The van der Waals surface area contributed by atoms with Gasteiger partial charge in [-0.25, -0.2) is 0 Å². The lowest BCUT2D eigenvalue weighted by atomic mass is 10.0. The zero-order chi connectivity index (χ0) is 19.8. The van der Waals surface area contributed by atoms with Crippen LogP contribution < -0.4 is 10.1 Å². The average Bonchev–Trinajstić information content (AvgIpc) is 2.68. The van der Waals surface area contributed by atoms with Gasteiger partial charge in [-0.1, -0.05) is 36.4 Å². The van der Waals surface area contributed by atoms with Crippen LogP contribution in [0.3, 0.4) is 0 Å². The Kier molecular flexibility index (Phi) is 7.41. The molecule has 1 atom stereocenters. The van der Waals surface area contributed by atoms with Gasteiger partial charge in [0.15, 0.2) is 0 Å². The fourth-order valence-electron chi connectivity index (χ4n) is 2.91. The third-order valence-electron chi connectivity index (χ3n) is 4.63. The summed E-state index contributed by atoms with van der Waals surface area (Å²) in [5.41, 5.74) is 3.00. The molecule has 0 aromatic heterocycles. The van der Waals surface area contributed by atoms with Gasteiger partial charge in [-0.05, 0) is 49.6 Å². The summed E-state index contributed by atoms with van der Waals surface area (Å²) in [6.07, 6.45) is 0.270. The van der Waals surface area contributed by atoms with Crippen LogP contribution in [0.1, 0.15) is 30.5 Å². The van der Waals surface area contributed by atoms with Crippen molar-refractivity contribution >= 4 is 11.8 Å². The molecule has 0 aliphatic carbocycles. The minimum absolute atomic E-state index is 0.0705. The van der Waals surface area contributed by atoms with Gasteiger partial charge in [-0.2, -0.15) is 0 Å². The Hall–Kier alpha value is -2.82. The molecule has 144 valence electrons. The second kappa shape index (κ2) is 9.76. The molecule has 1 N–H and O–H groups in total. The second-order valence-electron chi connectivity index (χ2n) is 6.54. The van der Waals surface area contributed by atoms with E-state index in [2.05, 4.69) is 5.32 Å². The number of nitrogens with one attached hydrogen (secondary N) is 1.